The molecule has 4 nitrogen and oxygen atoms in total. The van der Waals surface area contributed by atoms with E-state index in [1.807, 2.05) is 6.20 Å². The first-order valence-corrected chi connectivity index (χ1v) is 5.80. The van der Waals surface area contributed by atoms with Crippen LogP contribution in [-0.4, -0.2) is 22.7 Å². The molecule has 0 amide bonds. The van der Waals surface area contributed by atoms with Gasteiger partial charge in [0.25, 0.3) is 0 Å². The average Bonchev–Trinajstić information content (AvgIpc) is 2.87. The van der Waals surface area contributed by atoms with Crippen LogP contribution in [0.1, 0.15) is 5.56 Å². The van der Waals surface area contributed by atoms with Crippen molar-refractivity contribution in [2.75, 3.05) is 6.61 Å². The molecule has 5 heteroatoms. The zero-order valence-electron chi connectivity index (χ0n) is 10.2. The summed E-state index contributed by atoms with van der Waals surface area (Å²) >= 11 is 0. The number of hydrogen-bond acceptors (Lipinski definition) is 3. The van der Waals surface area contributed by atoms with Crippen molar-refractivity contribution >= 4 is 12.4 Å². The van der Waals surface area contributed by atoms with Gasteiger partial charge in [-0.2, -0.15) is 5.10 Å². The second kappa shape index (κ2) is 6.49. The second-order valence-corrected chi connectivity index (χ2v) is 3.83. The van der Waals surface area contributed by atoms with Gasteiger partial charge in [-0.05, 0) is 36.4 Å². The number of allylic oxidation sites excluding steroid dienone is 1. The molecule has 1 aromatic carbocycles. The topological polar surface area (TPSA) is 44.1 Å². The Hall–Kier alpha value is -2.43. The summed E-state index contributed by atoms with van der Waals surface area (Å²) < 4.78 is 19.8. The SMILES string of the molecule is O=C/C=C/c1cnn(CCOc2ccc(F)cc2)c1. The predicted molar refractivity (Wildman–Crippen MR) is 69.2 cm³/mol. The first-order valence-electron chi connectivity index (χ1n) is 5.80. The summed E-state index contributed by atoms with van der Waals surface area (Å²) in [6.07, 6.45) is 7.29. The normalized spacial score (nSPS) is 10.8. The van der Waals surface area contributed by atoms with Crippen molar-refractivity contribution in [3.05, 3.63) is 54.1 Å². The van der Waals surface area contributed by atoms with Crippen molar-refractivity contribution in [1.82, 2.24) is 9.78 Å². The Morgan fingerprint density at radius 2 is 2.11 bits per heavy atom. The second-order valence-electron chi connectivity index (χ2n) is 3.83. The first kappa shape index (κ1) is 13.0. The fraction of sp³-hybridized carbons (Fsp3) is 0.143. The third-order valence-corrected chi connectivity index (χ3v) is 2.42. The predicted octanol–water partition coefficient (Wildman–Crippen LogP) is 2.31. The summed E-state index contributed by atoms with van der Waals surface area (Å²) in [7, 11) is 0. The maximum atomic E-state index is 12.7. The lowest BCUT2D eigenvalue weighted by Crippen LogP contribution is -2.08. The zero-order chi connectivity index (χ0) is 13.5. The lowest BCUT2D eigenvalue weighted by Gasteiger charge is -2.05. The molecular formula is C14H13FN2O2. The number of hydrogen-bond donors (Lipinski definition) is 0. The van der Waals surface area contributed by atoms with Crippen molar-refractivity contribution in [1.29, 1.82) is 0 Å². The molecule has 0 aliphatic heterocycles. The van der Waals surface area contributed by atoms with Gasteiger partial charge in [-0.1, -0.05) is 0 Å². The molecule has 0 aliphatic rings. The molecule has 0 unspecified atom stereocenters. The number of rotatable bonds is 6. The number of carbonyl (C=O) groups is 1. The van der Waals surface area contributed by atoms with Gasteiger partial charge in [0.1, 0.15) is 24.5 Å². The Morgan fingerprint density at radius 1 is 1.32 bits per heavy atom. The summed E-state index contributed by atoms with van der Waals surface area (Å²) in [6, 6.07) is 5.87. The monoisotopic (exact) mass is 260 g/mol. The Balaban J connectivity index is 1.82. The highest BCUT2D eigenvalue weighted by Gasteiger charge is 1.97. The van der Waals surface area contributed by atoms with Crippen molar-refractivity contribution in [2.45, 2.75) is 6.54 Å². The van der Waals surface area contributed by atoms with E-state index in [0.29, 0.717) is 18.9 Å². The number of halogens is 1. The molecule has 1 aromatic heterocycles. The summed E-state index contributed by atoms with van der Waals surface area (Å²) in [5, 5.41) is 4.12. The molecule has 0 saturated carbocycles. The van der Waals surface area contributed by atoms with E-state index in [9.17, 15) is 9.18 Å². The third-order valence-electron chi connectivity index (χ3n) is 2.42. The number of aromatic nitrogens is 2. The van der Waals surface area contributed by atoms with Gasteiger partial charge in [0.2, 0.25) is 0 Å². The molecule has 0 spiro atoms. The van der Waals surface area contributed by atoms with Gasteiger partial charge in [0.15, 0.2) is 0 Å². The average molecular weight is 260 g/mol. The number of ether oxygens (including phenoxy) is 1. The minimum Gasteiger partial charge on any atom is -0.492 e. The van der Waals surface area contributed by atoms with Crippen LogP contribution in [0.5, 0.6) is 5.75 Å². The standard InChI is InChI=1S/C14H13FN2O2/c15-13-3-5-14(6-4-13)19-9-7-17-11-12(10-16-17)2-1-8-18/h1-6,8,10-11H,7,9H2/b2-1+. The van der Waals surface area contributed by atoms with Crippen molar-refractivity contribution in [3.8, 4) is 5.75 Å². The quantitative estimate of drug-likeness (QED) is 0.591. The lowest BCUT2D eigenvalue weighted by molar-refractivity contribution is -0.104. The van der Waals surface area contributed by atoms with Crippen molar-refractivity contribution in [2.24, 2.45) is 0 Å². The highest BCUT2D eigenvalue weighted by molar-refractivity contribution is 5.73. The molecule has 0 radical (unpaired) electrons. The summed E-state index contributed by atoms with van der Waals surface area (Å²) in [5.41, 5.74) is 0.855. The molecule has 1 heterocycles. The van der Waals surface area contributed by atoms with Gasteiger partial charge in [0.05, 0.1) is 12.7 Å². The molecule has 0 N–H and O–H groups in total. The van der Waals surface area contributed by atoms with Crippen LogP contribution >= 0.6 is 0 Å². The van der Waals surface area contributed by atoms with E-state index in [1.54, 1.807) is 29.1 Å². The Morgan fingerprint density at radius 3 is 2.84 bits per heavy atom. The van der Waals surface area contributed by atoms with Gasteiger partial charge in [-0.25, -0.2) is 4.39 Å². The van der Waals surface area contributed by atoms with E-state index in [2.05, 4.69) is 5.10 Å². The van der Waals surface area contributed by atoms with E-state index in [-0.39, 0.29) is 5.82 Å². The minimum atomic E-state index is -0.286. The number of carbonyl (C=O) groups excluding carboxylic acids is 1. The fourth-order valence-electron chi connectivity index (χ4n) is 1.53. The van der Waals surface area contributed by atoms with Gasteiger partial charge < -0.3 is 4.74 Å². The summed E-state index contributed by atoms with van der Waals surface area (Å²) in [5.74, 6) is 0.334. The first-order chi connectivity index (χ1) is 9.28. The van der Waals surface area contributed by atoms with Crippen LogP contribution in [0.3, 0.4) is 0 Å². The summed E-state index contributed by atoms with van der Waals surface area (Å²) in [6.45, 7) is 1.01. The van der Waals surface area contributed by atoms with Gasteiger partial charge in [-0.15, -0.1) is 0 Å². The maximum Gasteiger partial charge on any atom is 0.142 e. The van der Waals surface area contributed by atoms with Crippen molar-refractivity contribution < 1.29 is 13.9 Å². The molecule has 2 aromatic rings. The molecule has 98 valence electrons. The van der Waals surface area contributed by atoms with E-state index in [0.717, 1.165) is 11.8 Å². The molecule has 19 heavy (non-hydrogen) atoms. The largest absolute Gasteiger partial charge is 0.492 e. The van der Waals surface area contributed by atoms with Crippen LogP contribution in [-0.2, 0) is 11.3 Å². The van der Waals surface area contributed by atoms with Gasteiger partial charge in [0, 0.05) is 11.8 Å². The molecule has 0 saturated heterocycles. The highest BCUT2D eigenvalue weighted by atomic mass is 19.1. The van der Waals surface area contributed by atoms with Crippen LogP contribution in [0.25, 0.3) is 6.08 Å². The van der Waals surface area contributed by atoms with Crippen LogP contribution < -0.4 is 4.74 Å². The Kier molecular flexibility index (Phi) is 4.44. The smallest absolute Gasteiger partial charge is 0.142 e. The van der Waals surface area contributed by atoms with Crippen LogP contribution in [0, 0.1) is 5.82 Å². The molecule has 0 bridgehead atoms. The van der Waals surface area contributed by atoms with Gasteiger partial charge >= 0.3 is 0 Å². The van der Waals surface area contributed by atoms with E-state index >= 15 is 0 Å². The highest BCUT2D eigenvalue weighted by Crippen LogP contribution is 2.11. The van der Waals surface area contributed by atoms with Crippen LogP contribution in [0.2, 0.25) is 0 Å². The maximum absolute atomic E-state index is 12.7. The molecule has 0 atom stereocenters. The van der Waals surface area contributed by atoms with Crippen LogP contribution in [0.15, 0.2) is 42.7 Å². The number of benzene rings is 1. The van der Waals surface area contributed by atoms with E-state index in [1.165, 1.54) is 18.2 Å². The fourth-order valence-corrected chi connectivity index (χ4v) is 1.53. The van der Waals surface area contributed by atoms with E-state index in [4.69, 9.17) is 4.74 Å². The lowest BCUT2D eigenvalue weighted by atomic mass is 10.3. The minimum absolute atomic E-state index is 0.286. The van der Waals surface area contributed by atoms with Crippen molar-refractivity contribution in [3.63, 3.8) is 0 Å². The zero-order valence-corrected chi connectivity index (χ0v) is 10.2. The third kappa shape index (κ3) is 4.06. The van der Waals surface area contributed by atoms with E-state index < -0.39 is 0 Å². The molecule has 0 fully saturated rings. The van der Waals surface area contributed by atoms with Crippen LogP contribution in [0.4, 0.5) is 4.39 Å². The number of aldehydes is 1. The summed E-state index contributed by atoms with van der Waals surface area (Å²) in [4.78, 5) is 10.2. The molecule has 2 rings (SSSR count). The number of nitrogens with zero attached hydrogens (tertiary/aromatic N) is 2. The molecule has 0 aliphatic carbocycles. The Labute approximate surface area is 110 Å². The van der Waals surface area contributed by atoms with Gasteiger partial charge in [-0.3, -0.25) is 9.48 Å². The molecular weight excluding hydrogens is 247 g/mol. The Bertz CT molecular complexity index is 561.